The first-order valence-electron chi connectivity index (χ1n) is 8.26. The Kier molecular flexibility index (Phi) is 5.53. The van der Waals surface area contributed by atoms with Crippen LogP contribution in [0.5, 0.6) is 5.75 Å². The van der Waals surface area contributed by atoms with Crippen molar-refractivity contribution in [3.05, 3.63) is 60.2 Å². The minimum atomic E-state index is 0.186. The summed E-state index contributed by atoms with van der Waals surface area (Å²) in [7, 11) is 5.77. The summed E-state index contributed by atoms with van der Waals surface area (Å²) in [6, 6.07) is 12.1. The molecule has 0 saturated heterocycles. The summed E-state index contributed by atoms with van der Waals surface area (Å²) in [5.74, 6) is 1.80. The molecule has 0 spiro atoms. The fraction of sp³-hybridized carbons (Fsp3) is 0.316. The molecule has 0 aliphatic carbocycles. The highest BCUT2D eigenvalue weighted by Gasteiger charge is 2.17. The van der Waals surface area contributed by atoms with Crippen molar-refractivity contribution in [2.45, 2.75) is 12.6 Å². The molecule has 0 amide bonds. The average molecular weight is 340 g/mol. The zero-order chi connectivity index (χ0) is 17.6. The Balaban J connectivity index is 1.65. The van der Waals surface area contributed by atoms with Crippen LogP contribution in [-0.4, -0.2) is 42.8 Å². The molecular weight excluding hydrogens is 316 g/mol. The number of furan rings is 1. The van der Waals surface area contributed by atoms with Gasteiger partial charge in [-0.1, -0.05) is 0 Å². The summed E-state index contributed by atoms with van der Waals surface area (Å²) < 4.78 is 10.8. The number of ether oxygens (including phenoxy) is 1. The molecule has 1 atom stereocenters. The molecule has 0 bridgehead atoms. The Morgan fingerprint density at radius 3 is 2.68 bits per heavy atom. The van der Waals surface area contributed by atoms with Crippen LogP contribution < -0.4 is 10.1 Å². The molecule has 3 rings (SSSR count). The van der Waals surface area contributed by atoms with Gasteiger partial charge in [0, 0.05) is 24.2 Å². The van der Waals surface area contributed by atoms with Gasteiger partial charge in [0.1, 0.15) is 11.5 Å². The molecule has 6 nitrogen and oxygen atoms in total. The van der Waals surface area contributed by atoms with Gasteiger partial charge < -0.3 is 14.5 Å². The summed E-state index contributed by atoms with van der Waals surface area (Å²) in [6.07, 6.45) is 3.58. The monoisotopic (exact) mass is 340 g/mol. The smallest absolute Gasteiger partial charge is 0.122 e. The Morgan fingerprint density at radius 1 is 1.24 bits per heavy atom. The molecule has 1 unspecified atom stereocenters. The number of hydrogen-bond donors (Lipinski definition) is 2. The summed E-state index contributed by atoms with van der Waals surface area (Å²) in [6.45, 7) is 1.51. The second-order valence-electron chi connectivity index (χ2n) is 6.12. The average Bonchev–Trinajstić information content (AvgIpc) is 3.30. The molecule has 0 radical (unpaired) electrons. The second kappa shape index (κ2) is 8.00. The minimum absolute atomic E-state index is 0.186. The van der Waals surface area contributed by atoms with Gasteiger partial charge in [-0.05, 0) is 50.5 Å². The Morgan fingerprint density at radius 2 is 2.04 bits per heavy atom. The van der Waals surface area contributed by atoms with E-state index in [1.165, 1.54) is 0 Å². The first-order valence-corrected chi connectivity index (χ1v) is 8.26. The highest BCUT2D eigenvalue weighted by Crippen LogP contribution is 2.24. The summed E-state index contributed by atoms with van der Waals surface area (Å²) in [5, 5.41) is 10.8. The highest BCUT2D eigenvalue weighted by atomic mass is 16.5. The number of aromatic amines is 1. The summed E-state index contributed by atoms with van der Waals surface area (Å²) in [5.41, 5.74) is 3.24. The van der Waals surface area contributed by atoms with Gasteiger partial charge in [0.15, 0.2) is 0 Å². The van der Waals surface area contributed by atoms with Gasteiger partial charge >= 0.3 is 0 Å². The van der Waals surface area contributed by atoms with Gasteiger partial charge in [0.25, 0.3) is 0 Å². The maximum absolute atomic E-state index is 5.55. The highest BCUT2D eigenvalue weighted by molar-refractivity contribution is 5.63. The van der Waals surface area contributed by atoms with E-state index in [4.69, 9.17) is 9.15 Å². The van der Waals surface area contributed by atoms with E-state index in [1.807, 2.05) is 42.6 Å². The number of methoxy groups -OCH3 is 1. The maximum Gasteiger partial charge on any atom is 0.122 e. The number of rotatable bonds is 8. The van der Waals surface area contributed by atoms with Crippen LogP contribution in [0.3, 0.4) is 0 Å². The molecule has 25 heavy (non-hydrogen) atoms. The lowest BCUT2D eigenvalue weighted by molar-refractivity contribution is 0.250. The van der Waals surface area contributed by atoms with Crippen LogP contribution in [0.25, 0.3) is 11.3 Å². The van der Waals surface area contributed by atoms with Crippen molar-refractivity contribution in [2.75, 3.05) is 27.7 Å². The second-order valence-corrected chi connectivity index (χ2v) is 6.12. The zero-order valence-electron chi connectivity index (χ0n) is 14.8. The van der Waals surface area contributed by atoms with Crippen LogP contribution in [-0.2, 0) is 6.54 Å². The van der Waals surface area contributed by atoms with Crippen LogP contribution in [0.1, 0.15) is 17.4 Å². The van der Waals surface area contributed by atoms with E-state index in [0.29, 0.717) is 0 Å². The predicted molar refractivity (Wildman–Crippen MR) is 97.4 cm³/mol. The summed E-state index contributed by atoms with van der Waals surface area (Å²) in [4.78, 5) is 2.14. The number of benzene rings is 1. The van der Waals surface area contributed by atoms with E-state index in [9.17, 15) is 0 Å². The van der Waals surface area contributed by atoms with Crippen molar-refractivity contribution in [3.63, 3.8) is 0 Å². The van der Waals surface area contributed by atoms with Crippen molar-refractivity contribution in [1.82, 2.24) is 20.4 Å². The molecule has 0 aliphatic rings. The van der Waals surface area contributed by atoms with Gasteiger partial charge in [-0.15, -0.1) is 0 Å². The number of nitrogens with zero attached hydrogens (tertiary/aromatic N) is 2. The number of aromatic nitrogens is 2. The van der Waals surface area contributed by atoms with Gasteiger partial charge in [-0.2, -0.15) is 5.10 Å². The van der Waals surface area contributed by atoms with Gasteiger partial charge in [0.2, 0.25) is 0 Å². The van der Waals surface area contributed by atoms with Crippen molar-refractivity contribution >= 4 is 0 Å². The van der Waals surface area contributed by atoms with E-state index < -0.39 is 0 Å². The standard InChI is InChI=1S/C19H24N4O2/c1-23(2)17(18-5-4-10-25-18)13-20-11-15-12-21-22-19(15)14-6-8-16(24-3)9-7-14/h4-10,12,17,20H,11,13H2,1-3H3,(H,21,22). The Hall–Kier alpha value is -2.57. The molecule has 0 aliphatic heterocycles. The lowest BCUT2D eigenvalue weighted by Crippen LogP contribution is -2.30. The number of likely N-dealkylation sites (N-methyl/N-ethyl adjacent to an activating group) is 1. The molecular formula is C19H24N4O2. The van der Waals surface area contributed by atoms with Crippen LogP contribution in [0.4, 0.5) is 0 Å². The van der Waals surface area contributed by atoms with Crippen molar-refractivity contribution in [3.8, 4) is 17.0 Å². The van der Waals surface area contributed by atoms with E-state index >= 15 is 0 Å². The SMILES string of the molecule is COc1ccc(-c2[nH]ncc2CNCC(c2ccco2)N(C)C)cc1. The third-order valence-corrected chi connectivity index (χ3v) is 4.24. The lowest BCUT2D eigenvalue weighted by atomic mass is 10.1. The van der Waals surface area contributed by atoms with Crippen LogP contribution in [0, 0.1) is 0 Å². The fourth-order valence-electron chi connectivity index (χ4n) is 2.81. The third-order valence-electron chi connectivity index (χ3n) is 4.24. The van der Waals surface area contributed by atoms with E-state index in [1.54, 1.807) is 13.4 Å². The molecule has 0 fully saturated rings. The summed E-state index contributed by atoms with van der Waals surface area (Å²) >= 11 is 0. The molecule has 132 valence electrons. The van der Waals surface area contributed by atoms with Crippen molar-refractivity contribution in [1.29, 1.82) is 0 Å². The normalized spacial score (nSPS) is 12.5. The molecule has 1 aromatic carbocycles. The topological polar surface area (TPSA) is 66.3 Å². The zero-order valence-corrected chi connectivity index (χ0v) is 14.8. The van der Waals surface area contributed by atoms with Crippen LogP contribution >= 0.6 is 0 Å². The van der Waals surface area contributed by atoms with E-state index in [-0.39, 0.29) is 6.04 Å². The maximum atomic E-state index is 5.55. The first kappa shape index (κ1) is 17.3. The molecule has 2 heterocycles. The van der Waals surface area contributed by atoms with E-state index in [0.717, 1.165) is 41.4 Å². The molecule has 6 heteroatoms. The van der Waals surface area contributed by atoms with Gasteiger partial charge in [-0.25, -0.2) is 0 Å². The van der Waals surface area contributed by atoms with Crippen LogP contribution in [0.2, 0.25) is 0 Å². The fourth-order valence-corrected chi connectivity index (χ4v) is 2.81. The molecule has 2 N–H and O–H groups in total. The van der Waals surface area contributed by atoms with Crippen molar-refractivity contribution in [2.24, 2.45) is 0 Å². The van der Waals surface area contributed by atoms with Gasteiger partial charge in [0.05, 0.1) is 31.3 Å². The predicted octanol–water partition coefficient (Wildman–Crippen LogP) is 3.07. The molecule has 3 aromatic rings. The minimum Gasteiger partial charge on any atom is -0.497 e. The Bertz CT molecular complexity index is 763. The Labute approximate surface area is 147 Å². The third kappa shape index (κ3) is 4.10. The quantitative estimate of drug-likeness (QED) is 0.660. The molecule has 0 saturated carbocycles. The molecule has 2 aromatic heterocycles. The number of nitrogens with one attached hydrogen (secondary N) is 2. The lowest BCUT2D eigenvalue weighted by Gasteiger charge is -2.22. The number of H-pyrrole nitrogens is 1. The largest absolute Gasteiger partial charge is 0.497 e. The van der Waals surface area contributed by atoms with Crippen LogP contribution in [0.15, 0.2) is 53.3 Å². The van der Waals surface area contributed by atoms with Crippen molar-refractivity contribution < 1.29 is 9.15 Å². The van der Waals surface area contributed by atoms with Gasteiger partial charge in [-0.3, -0.25) is 10.00 Å². The first-order chi connectivity index (χ1) is 12.2. The van der Waals surface area contributed by atoms with E-state index in [2.05, 4.69) is 34.5 Å². The number of hydrogen-bond acceptors (Lipinski definition) is 5.